The summed E-state index contributed by atoms with van der Waals surface area (Å²) in [4.78, 5) is 21.0. The standard InChI is InChI=1S/C25H27FN10O2/c1-13(2)30-25(37)38-20-6-5-16(22(20)26)18-9-21(34-33-18)32-24-28-11-17(23-31-14(10-27)12-35(23)24)19-7-8-29-36(19)15-3-4-15/h7-9,11-13,15-16,20,22H,3-6H2,1-2H3,(H,30,37)(H2,28,32,33,34)/t16-,20-,22+/m0/s1. The van der Waals surface area contributed by atoms with E-state index >= 15 is 4.39 Å². The van der Waals surface area contributed by atoms with E-state index in [1.54, 1.807) is 29.1 Å². The molecule has 0 aliphatic heterocycles. The van der Waals surface area contributed by atoms with E-state index in [9.17, 15) is 10.1 Å². The average Bonchev–Trinajstić information content (AvgIpc) is 3.25. The molecule has 4 aromatic heterocycles. The molecule has 2 aliphatic carbocycles. The van der Waals surface area contributed by atoms with Crippen molar-refractivity contribution in [2.45, 2.75) is 69.8 Å². The number of carbonyl (C=O) groups is 1. The molecule has 0 spiro atoms. The van der Waals surface area contributed by atoms with E-state index in [1.807, 2.05) is 24.6 Å². The Kier molecular flexibility index (Phi) is 5.94. The lowest BCUT2D eigenvalue weighted by atomic mass is 10.0. The molecule has 4 aromatic rings. The number of imidazole rings is 1. The van der Waals surface area contributed by atoms with Gasteiger partial charge in [0.15, 0.2) is 17.2 Å². The molecule has 0 unspecified atom stereocenters. The van der Waals surface area contributed by atoms with Crippen LogP contribution in [0.1, 0.15) is 62.9 Å². The molecular formula is C25H27FN10O2. The summed E-state index contributed by atoms with van der Waals surface area (Å²) in [6, 6.07) is 6.01. The number of rotatable bonds is 7. The number of nitrogens with zero attached hydrogens (tertiary/aromatic N) is 7. The predicted molar refractivity (Wildman–Crippen MR) is 134 cm³/mol. The van der Waals surface area contributed by atoms with Gasteiger partial charge in [-0.1, -0.05) is 0 Å². The molecule has 0 aromatic carbocycles. The van der Waals surface area contributed by atoms with Crippen LogP contribution in [-0.4, -0.2) is 58.8 Å². The maximum Gasteiger partial charge on any atom is 0.407 e. The van der Waals surface area contributed by atoms with Gasteiger partial charge in [0.2, 0.25) is 5.95 Å². The molecule has 38 heavy (non-hydrogen) atoms. The van der Waals surface area contributed by atoms with Crippen LogP contribution in [0, 0.1) is 11.3 Å². The van der Waals surface area contributed by atoms with Gasteiger partial charge < -0.3 is 15.4 Å². The highest BCUT2D eigenvalue weighted by molar-refractivity contribution is 5.77. The fraction of sp³-hybridized carbons (Fsp3) is 0.440. The fourth-order valence-electron chi connectivity index (χ4n) is 4.93. The number of hydrogen-bond donors (Lipinski definition) is 3. The van der Waals surface area contributed by atoms with Crippen LogP contribution >= 0.6 is 0 Å². The van der Waals surface area contributed by atoms with Gasteiger partial charge in [0.25, 0.3) is 0 Å². The van der Waals surface area contributed by atoms with Crippen molar-refractivity contribution in [2.24, 2.45) is 0 Å². The highest BCUT2D eigenvalue weighted by atomic mass is 19.1. The lowest BCUT2D eigenvalue weighted by Gasteiger charge is -2.18. The minimum absolute atomic E-state index is 0.0896. The van der Waals surface area contributed by atoms with Crippen LogP contribution in [0.15, 0.2) is 30.7 Å². The summed E-state index contributed by atoms with van der Waals surface area (Å²) in [7, 11) is 0. The second-order valence-electron chi connectivity index (χ2n) is 10.0. The first-order valence-electron chi connectivity index (χ1n) is 12.7. The number of fused-ring (bicyclic) bond motifs is 1. The monoisotopic (exact) mass is 518 g/mol. The molecule has 3 atom stereocenters. The van der Waals surface area contributed by atoms with Crippen LogP contribution in [0.25, 0.3) is 16.9 Å². The number of nitrogens with one attached hydrogen (secondary N) is 3. The van der Waals surface area contributed by atoms with Crippen LogP contribution in [0.4, 0.5) is 21.0 Å². The van der Waals surface area contributed by atoms with Crippen molar-refractivity contribution in [1.82, 2.24) is 39.7 Å². The fourth-order valence-corrected chi connectivity index (χ4v) is 4.93. The van der Waals surface area contributed by atoms with Crippen molar-refractivity contribution in [3.63, 3.8) is 0 Å². The summed E-state index contributed by atoms with van der Waals surface area (Å²) in [6.45, 7) is 3.63. The summed E-state index contributed by atoms with van der Waals surface area (Å²) >= 11 is 0. The second-order valence-corrected chi connectivity index (χ2v) is 10.0. The van der Waals surface area contributed by atoms with Gasteiger partial charge in [-0.05, 0) is 45.6 Å². The maximum absolute atomic E-state index is 15.2. The van der Waals surface area contributed by atoms with Crippen molar-refractivity contribution in [2.75, 3.05) is 5.32 Å². The Bertz CT molecular complexity index is 1530. The van der Waals surface area contributed by atoms with E-state index in [2.05, 4.69) is 42.0 Å². The number of carbonyl (C=O) groups excluding carboxylic acids is 1. The van der Waals surface area contributed by atoms with E-state index in [0.29, 0.717) is 42.0 Å². The Morgan fingerprint density at radius 2 is 2.16 bits per heavy atom. The molecule has 196 valence electrons. The van der Waals surface area contributed by atoms with Crippen LogP contribution in [0.2, 0.25) is 0 Å². The van der Waals surface area contributed by atoms with E-state index in [1.165, 1.54) is 0 Å². The number of hydrogen-bond acceptors (Lipinski definition) is 8. The Morgan fingerprint density at radius 1 is 1.32 bits per heavy atom. The predicted octanol–water partition coefficient (Wildman–Crippen LogP) is 3.98. The van der Waals surface area contributed by atoms with Gasteiger partial charge in [-0.15, -0.1) is 0 Å². The molecule has 13 heteroatoms. The molecule has 2 fully saturated rings. The Labute approximate surface area is 217 Å². The van der Waals surface area contributed by atoms with Gasteiger partial charge >= 0.3 is 6.09 Å². The SMILES string of the molecule is CC(C)NC(=O)O[C@H]1CC[C@@H](c2cc(Nc3ncc(-c4ccnn4C4CC4)c4nc(C#N)cn34)n[nH]2)[C@H]1F. The van der Waals surface area contributed by atoms with Crippen LogP contribution < -0.4 is 10.6 Å². The van der Waals surface area contributed by atoms with Crippen molar-refractivity contribution in [3.05, 3.63) is 42.1 Å². The zero-order valence-corrected chi connectivity index (χ0v) is 20.9. The minimum atomic E-state index is -1.35. The summed E-state index contributed by atoms with van der Waals surface area (Å²) < 4.78 is 24.1. The van der Waals surface area contributed by atoms with E-state index in [-0.39, 0.29) is 11.7 Å². The van der Waals surface area contributed by atoms with Gasteiger partial charge in [-0.25, -0.2) is 19.2 Å². The lowest BCUT2D eigenvalue weighted by Crippen LogP contribution is -2.36. The number of anilines is 2. The number of halogens is 1. The molecule has 2 aliphatic rings. The van der Waals surface area contributed by atoms with Gasteiger partial charge in [-0.3, -0.25) is 14.2 Å². The smallest absolute Gasteiger partial charge is 0.407 e. The minimum Gasteiger partial charge on any atom is -0.443 e. The molecule has 2 saturated carbocycles. The van der Waals surface area contributed by atoms with Gasteiger partial charge in [0, 0.05) is 36.1 Å². The van der Waals surface area contributed by atoms with E-state index < -0.39 is 24.3 Å². The first-order chi connectivity index (χ1) is 18.4. The summed E-state index contributed by atoms with van der Waals surface area (Å²) in [5.41, 5.74) is 3.07. The molecular weight excluding hydrogens is 491 g/mol. The number of alkyl halides is 1. The molecule has 6 rings (SSSR count). The van der Waals surface area contributed by atoms with Crippen LogP contribution in [-0.2, 0) is 4.74 Å². The molecule has 0 bridgehead atoms. The third-order valence-corrected chi connectivity index (χ3v) is 6.85. The molecule has 0 radical (unpaired) electrons. The van der Waals surface area contributed by atoms with Crippen molar-refractivity contribution in [3.8, 4) is 17.3 Å². The largest absolute Gasteiger partial charge is 0.443 e. The topological polar surface area (TPSA) is 151 Å². The van der Waals surface area contributed by atoms with Crippen molar-refractivity contribution in [1.29, 1.82) is 5.26 Å². The third kappa shape index (κ3) is 4.42. The number of H-pyrrole nitrogens is 1. The van der Waals surface area contributed by atoms with Gasteiger partial charge in [0.1, 0.15) is 18.3 Å². The molecule has 0 saturated heterocycles. The second kappa shape index (κ2) is 9.44. The number of aromatic nitrogens is 7. The number of amides is 1. The first-order valence-corrected chi connectivity index (χ1v) is 12.7. The Morgan fingerprint density at radius 3 is 2.92 bits per heavy atom. The molecule has 1 amide bonds. The quantitative estimate of drug-likeness (QED) is 0.332. The Hall–Kier alpha value is -4.47. The summed E-state index contributed by atoms with van der Waals surface area (Å²) in [5, 5.41) is 26.9. The average molecular weight is 519 g/mol. The highest BCUT2D eigenvalue weighted by Crippen LogP contribution is 2.40. The van der Waals surface area contributed by atoms with Gasteiger partial charge in [0.05, 0.1) is 23.5 Å². The Balaban J connectivity index is 1.23. The van der Waals surface area contributed by atoms with Crippen LogP contribution in [0.5, 0.6) is 0 Å². The van der Waals surface area contributed by atoms with E-state index in [0.717, 1.165) is 24.1 Å². The zero-order chi connectivity index (χ0) is 26.4. The lowest BCUT2D eigenvalue weighted by molar-refractivity contribution is 0.0555. The normalized spacial score (nSPS) is 21.1. The number of nitriles is 1. The molecule has 4 heterocycles. The van der Waals surface area contributed by atoms with Crippen molar-refractivity contribution >= 4 is 23.5 Å². The van der Waals surface area contributed by atoms with E-state index in [4.69, 9.17) is 4.74 Å². The molecule has 12 nitrogen and oxygen atoms in total. The number of ether oxygens (including phenoxy) is 1. The first kappa shape index (κ1) is 23.9. The zero-order valence-electron chi connectivity index (χ0n) is 20.9. The summed E-state index contributed by atoms with van der Waals surface area (Å²) in [6.07, 6.45) is 5.38. The van der Waals surface area contributed by atoms with Crippen molar-refractivity contribution < 1.29 is 13.9 Å². The van der Waals surface area contributed by atoms with Gasteiger partial charge in [-0.2, -0.15) is 15.5 Å². The number of aromatic amines is 1. The van der Waals surface area contributed by atoms with Crippen LogP contribution in [0.3, 0.4) is 0 Å². The third-order valence-electron chi connectivity index (χ3n) is 6.85. The summed E-state index contributed by atoms with van der Waals surface area (Å²) in [5.74, 6) is 0.361. The molecule has 3 N–H and O–H groups in total. The highest BCUT2D eigenvalue weighted by Gasteiger charge is 2.41. The maximum atomic E-state index is 15.2. The number of alkyl carbamates (subject to hydrolysis) is 1.